The number of anilines is 1. The van der Waals surface area contributed by atoms with Crippen LogP contribution < -0.4 is 5.32 Å². The van der Waals surface area contributed by atoms with Crippen molar-refractivity contribution in [1.29, 1.82) is 0 Å². The smallest absolute Gasteiger partial charge is 0.250 e. The van der Waals surface area contributed by atoms with E-state index < -0.39 is 0 Å². The van der Waals surface area contributed by atoms with Gasteiger partial charge in [-0.3, -0.25) is 9.59 Å². The Hall–Kier alpha value is -2.16. The van der Waals surface area contributed by atoms with Gasteiger partial charge in [0.2, 0.25) is 11.8 Å². The van der Waals surface area contributed by atoms with E-state index in [1.807, 2.05) is 24.4 Å². The van der Waals surface area contributed by atoms with E-state index in [9.17, 15) is 9.59 Å². The number of aromatic nitrogens is 1. The first kappa shape index (κ1) is 25.9. The SMILES string of the molecule is Cc1cc(Cl)ccc1NC(=O)COCC(=O)N1CCC(c2nc(-c3ccc(Cl)c(Cl)c3)cs2)CC1. The number of nitrogens with one attached hydrogen (secondary N) is 1. The van der Waals surface area contributed by atoms with Crippen molar-refractivity contribution >= 4 is 63.6 Å². The largest absolute Gasteiger partial charge is 0.362 e. The molecule has 3 aromatic rings. The second-order valence-corrected chi connectivity index (χ2v) is 10.5. The lowest BCUT2D eigenvalue weighted by Gasteiger charge is -2.31. The molecule has 1 N–H and O–H groups in total. The lowest BCUT2D eigenvalue weighted by molar-refractivity contribution is -0.138. The fraction of sp³-hybridized carbons (Fsp3) is 0.320. The third-order valence-corrected chi connectivity index (χ3v) is 7.84. The van der Waals surface area contributed by atoms with Crippen molar-refractivity contribution in [1.82, 2.24) is 9.88 Å². The van der Waals surface area contributed by atoms with Crippen molar-refractivity contribution < 1.29 is 14.3 Å². The number of nitrogens with zero attached hydrogens (tertiary/aromatic N) is 2. The van der Waals surface area contributed by atoms with Crippen LogP contribution in [0.4, 0.5) is 5.69 Å². The zero-order valence-corrected chi connectivity index (χ0v) is 22.1. The van der Waals surface area contributed by atoms with E-state index in [2.05, 4.69) is 5.32 Å². The standard InChI is InChI=1S/C25H24Cl3N3O3S/c1-15-10-18(26)3-5-21(15)29-23(32)12-34-13-24(33)31-8-6-16(7-9-31)25-30-22(14-35-25)17-2-4-19(27)20(28)11-17/h2-5,10-11,14,16H,6-9,12-13H2,1H3,(H,29,32). The number of hydrogen-bond donors (Lipinski definition) is 1. The molecule has 0 atom stereocenters. The summed E-state index contributed by atoms with van der Waals surface area (Å²) in [5.41, 5.74) is 3.33. The summed E-state index contributed by atoms with van der Waals surface area (Å²) < 4.78 is 5.37. The number of amides is 2. The Bertz CT molecular complexity index is 1230. The summed E-state index contributed by atoms with van der Waals surface area (Å²) in [5, 5.41) is 7.48. The second-order valence-electron chi connectivity index (χ2n) is 8.36. The van der Waals surface area contributed by atoms with Crippen molar-refractivity contribution in [3.05, 3.63) is 67.4 Å². The minimum atomic E-state index is -0.316. The summed E-state index contributed by atoms with van der Waals surface area (Å²) in [6.07, 6.45) is 1.66. The number of halogens is 3. The summed E-state index contributed by atoms with van der Waals surface area (Å²) in [6.45, 7) is 2.79. The number of ether oxygens (including phenoxy) is 1. The number of piperidine rings is 1. The fourth-order valence-corrected chi connectivity index (χ4v) is 5.44. The van der Waals surface area contributed by atoms with Crippen molar-refractivity contribution in [3.8, 4) is 11.3 Å². The van der Waals surface area contributed by atoms with Crippen LogP contribution in [0.25, 0.3) is 11.3 Å². The molecule has 1 aliphatic heterocycles. The van der Waals surface area contributed by atoms with Crippen molar-refractivity contribution in [3.63, 3.8) is 0 Å². The van der Waals surface area contributed by atoms with Crippen LogP contribution in [-0.4, -0.2) is 48.0 Å². The molecule has 0 radical (unpaired) electrons. The molecule has 0 spiro atoms. The van der Waals surface area contributed by atoms with E-state index in [1.54, 1.807) is 40.5 Å². The van der Waals surface area contributed by atoms with Crippen molar-refractivity contribution in [2.75, 3.05) is 31.6 Å². The Kier molecular flexibility index (Phi) is 8.68. The van der Waals surface area contributed by atoms with Crippen LogP contribution in [0.2, 0.25) is 15.1 Å². The van der Waals surface area contributed by atoms with Gasteiger partial charge in [-0.15, -0.1) is 11.3 Å². The van der Waals surface area contributed by atoms with E-state index >= 15 is 0 Å². The van der Waals surface area contributed by atoms with Gasteiger partial charge in [-0.2, -0.15) is 0 Å². The van der Waals surface area contributed by atoms with E-state index in [-0.39, 0.29) is 25.0 Å². The summed E-state index contributed by atoms with van der Waals surface area (Å²) >= 11 is 19.7. The van der Waals surface area contributed by atoms with Gasteiger partial charge in [0, 0.05) is 40.7 Å². The van der Waals surface area contributed by atoms with Crippen LogP contribution in [-0.2, 0) is 14.3 Å². The number of carbonyl (C=O) groups excluding carboxylic acids is 2. The van der Waals surface area contributed by atoms with Gasteiger partial charge in [-0.25, -0.2) is 4.98 Å². The zero-order valence-electron chi connectivity index (χ0n) is 19.0. The Labute approximate surface area is 223 Å². The molecule has 2 aromatic carbocycles. The number of aryl methyl sites for hydroxylation is 1. The van der Waals surface area contributed by atoms with Gasteiger partial charge >= 0.3 is 0 Å². The van der Waals surface area contributed by atoms with Crippen LogP contribution in [0.15, 0.2) is 41.8 Å². The number of likely N-dealkylation sites (tertiary alicyclic amines) is 1. The first-order valence-corrected chi connectivity index (χ1v) is 13.1. The number of carbonyl (C=O) groups is 2. The molecule has 0 saturated carbocycles. The molecule has 10 heteroatoms. The molecule has 1 saturated heterocycles. The predicted molar refractivity (Wildman–Crippen MR) is 142 cm³/mol. The van der Waals surface area contributed by atoms with Crippen molar-refractivity contribution in [2.45, 2.75) is 25.7 Å². The second kappa shape index (κ2) is 11.7. The minimum Gasteiger partial charge on any atom is -0.362 e. The highest BCUT2D eigenvalue weighted by Crippen LogP contribution is 2.34. The quantitative estimate of drug-likeness (QED) is 0.366. The number of benzene rings is 2. The highest BCUT2D eigenvalue weighted by atomic mass is 35.5. The van der Waals surface area contributed by atoms with Gasteiger partial charge < -0.3 is 15.0 Å². The van der Waals surface area contributed by atoms with Crippen molar-refractivity contribution in [2.24, 2.45) is 0 Å². The molecule has 2 amide bonds. The monoisotopic (exact) mass is 551 g/mol. The van der Waals surface area contributed by atoms with Gasteiger partial charge in [-0.05, 0) is 55.7 Å². The van der Waals surface area contributed by atoms with E-state index in [0.29, 0.717) is 39.8 Å². The predicted octanol–water partition coefficient (Wildman–Crippen LogP) is 6.44. The molecule has 4 rings (SSSR count). The molecule has 6 nitrogen and oxygen atoms in total. The van der Waals surface area contributed by atoms with Gasteiger partial charge in [0.25, 0.3) is 0 Å². The summed E-state index contributed by atoms with van der Waals surface area (Å²) in [5.74, 6) is -0.132. The average molecular weight is 553 g/mol. The Morgan fingerprint density at radius 3 is 2.57 bits per heavy atom. The normalized spacial score (nSPS) is 14.2. The van der Waals surface area contributed by atoms with Crippen LogP contribution in [0.3, 0.4) is 0 Å². The highest BCUT2D eigenvalue weighted by molar-refractivity contribution is 7.10. The lowest BCUT2D eigenvalue weighted by atomic mass is 9.97. The fourth-order valence-electron chi connectivity index (χ4n) is 3.91. The minimum absolute atomic E-state index is 0.116. The molecule has 0 bridgehead atoms. The first-order valence-electron chi connectivity index (χ1n) is 11.1. The molecular formula is C25H24Cl3N3O3S. The first-order chi connectivity index (χ1) is 16.8. The number of hydrogen-bond acceptors (Lipinski definition) is 5. The molecule has 1 aliphatic rings. The molecule has 0 unspecified atom stereocenters. The number of rotatable bonds is 7. The maximum Gasteiger partial charge on any atom is 0.250 e. The average Bonchev–Trinajstić information content (AvgIpc) is 3.33. The van der Waals surface area contributed by atoms with Gasteiger partial charge in [0.15, 0.2) is 0 Å². The maximum absolute atomic E-state index is 12.5. The van der Waals surface area contributed by atoms with Crippen LogP contribution in [0.5, 0.6) is 0 Å². The number of thiazole rings is 1. The van der Waals surface area contributed by atoms with Gasteiger partial charge in [0.05, 0.1) is 20.7 Å². The lowest BCUT2D eigenvalue weighted by Crippen LogP contribution is -2.40. The third-order valence-electron chi connectivity index (χ3n) is 5.86. The van der Waals surface area contributed by atoms with Crippen LogP contribution >= 0.6 is 46.1 Å². The highest BCUT2D eigenvalue weighted by Gasteiger charge is 2.26. The van der Waals surface area contributed by atoms with Gasteiger partial charge in [0.1, 0.15) is 13.2 Å². The molecular weight excluding hydrogens is 529 g/mol. The Morgan fingerprint density at radius 2 is 1.86 bits per heavy atom. The van der Waals surface area contributed by atoms with E-state index in [1.165, 1.54) is 0 Å². The summed E-state index contributed by atoms with van der Waals surface area (Å²) in [4.78, 5) is 31.3. The topological polar surface area (TPSA) is 71.5 Å². The van der Waals surface area contributed by atoms with Crippen LogP contribution in [0, 0.1) is 6.92 Å². The summed E-state index contributed by atoms with van der Waals surface area (Å²) in [7, 11) is 0. The van der Waals surface area contributed by atoms with Gasteiger partial charge in [-0.1, -0.05) is 40.9 Å². The molecule has 35 heavy (non-hydrogen) atoms. The molecule has 184 valence electrons. The van der Waals surface area contributed by atoms with Crippen LogP contribution in [0.1, 0.15) is 29.3 Å². The maximum atomic E-state index is 12.5. The molecule has 0 aliphatic carbocycles. The van der Waals surface area contributed by atoms with E-state index in [4.69, 9.17) is 44.5 Å². The molecule has 1 aromatic heterocycles. The molecule has 2 heterocycles. The summed E-state index contributed by atoms with van der Waals surface area (Å²) in [6, 6.07) is 10.7. The zero-order chi connectivity index (χ0) is 24.9. The molecule has 1 fully saturated rings. The van der Waals surface area contributed by atoms with E-state index in [0.717, 1.165) is 34.7 Å². The Morgan fingerprint density at radius 1 is 1.09 bits per heavy atom. The third kappa shape index (κ3) is 6.74. The Balaban J connectivity index is 1.21.